The molecular weight excluding hydrogens is 330 g/mol. The van der Waals surface area contributed by atoms with E-state index < -0.39 is 0 Å². The van der Waals surface area contributed by atoms with E-state index in [0.29, 0.717) is 30.0 Å². The Bertz CT molecular complexity index is 790. The molecule has 0 spiro atoms. The van der Waals surface area contributed by atoms with Crippen molar-refractivity contribution in [2.24, 2.45) is 11.8 Å². The van der Waals surface area contributed by atoms with Gasteiger partial charge in [0.25, 0.3) is 5.91 Å². The van der Waals surface area contributed by atoms with Crippen molar-refractivity contribution in [2.45, 2.75) is 25.3 Å². The molecule has 1 aromatic heterocycles. The minimum Gasteiger partial charge on any atom is -0.352 e. The maximum Gasteiger partial charge on any atom is 0.253 e. The molecule has 2 unspecified atom stereocenters. The van der Waals surface area contributed by atoms with Crippen LogP contribution in [0.4, 0.5) is 0 Å². The number of benzene rings is 1. The summed E-state index contributed by atoms with van der Waals surface area (Å²) in [6.07, 6.45) is 12.4. The monoisotopic (exact) mass is 353 g/mol. The molecule has 1 saturated carbocycles. The van der Waals surface area contributed by atoms with Gasteiger partial charge in [0.2, 0.25) is 0 Å². The van der Waals surface area contributed by atoms with Crippen LogP contribution < -0.4 is 10.6 Å². The second-order valence-corrected chi connectivity index (χ2v) is 7.72. The van der Waals surface area contributed by atoms with Crippen LogP contribution in [0.15, 0.2) is 48.0 Å². The number of thiazole rings is 1. The molecule has 1 fully saturated rings. The molecule has 25 heavy (non-hydrogen) atoms. The lowest BCUT2D eigenvalue weighted by Crippen LogP contribution is -2.31. The van der Waals surface area contributed by atoms with Gasteiger partial charge in [-0.25, -0.2) is 4.98 Å². The number of fused-ring (bicyclic) bond motifs is 2. The van der Waals surface area contributed by atoms with Crippen molar-refractivity contribution in [3.8, 4) is 0 Å². The second-order valence-electron chi connectivity index (χ2n) is 6.83. The minimum atomic E-state index is -0.0290. The number of amides is 1. The maximum atomic E-state index is 12.4. The van der Waals surface area contributed by atoms with Crippen LogP contribution in [0.1, 0.15) is 29.6 Å². The van der Waals surface area contributed by atoms with Crippen LogP contribution in [0.3, 0.4) is 0 Å². The Labute approximate surface area is 152 Å². The molecule has 0 aliphatic heterocycles. The van der Waals surface area contributed by atoms with Crippen LogP contribution in [0.25, 0.3) is 10.2 Å². The van der Waals surface area contributed by atoms with Crippen LogP contribution in [-0.2, 0) is 0 Å². The molecule has 2 aliphatic carbocycles. The number of allylic oxidation sites excluding steroid dienone is 4. The Morgan fingerprint density at radius 1 is 1.16 bits per heavy atom. The lowest BCUT2D eigenvalue weighted by atomic mass is 9.92. The summed E-state index contributed by atoms with van der Waals surface area (Å²) in [5.74, 6) is 1.39. The molecule has 5 heteroatoms. The predicted molar refractivity (Wildman–Crippen MR) is 103 cm³/mol. The van der Waals surface area contributed by atoms with Gasteiger partial charge in [0, 0.05) is 12.6 Å². The van der Waals surface area contributed by atoms with E-state index >= 15 is 0 Å². The van der Waals surface area contributed by atoms with Gasteiger partial charge in [-0.05, 0) is 49.8 Å². The summed E-state index contributed by atoms with van der Waals surface area (Å²) in [5.41, 5.74) is 3.26. The fraction of sp³-hybridized carbons (Fsp3) is 0.400. The van der Waals surface area contributed by atoms with Gasteiger partial charge in [-0.2, -0.15) is 0 Å². The Morgan fingerprint density at radius 3 is 2.76 bits per heavy atom. The van der Waals surface area contributed by atoms with Crippen molar-refractivity contribution in [3.63, 3.8) is 0 Å². The topological polar surface area (TPSA) is 54.0 Å². The Kier molecular flexibility index (Phi) is 4.95. The zero-order chi connectivity index (χ0) is 17.1. The number of carbonyl (C=O) groups excluding carboxylic acids is 1. The van der Waals surface area contributed by atoms with Crippen LogP contribution >= 0.6 is 11.3 Å². The van der Waals surface area contributed by atoms with Crippen molar-refractivity contribution >= 4 is 27.5 Å². The van der Waals surface area contributed by atoms with Crippen molar-refractivity contribution in [3.05, 3.63) is 53.6 Å². The minimum absolute atomic E-state index is 0.0290. The molecule has 2 aliphatic rings. The fourth-order valence-electron chi connectivity index (χ4n) is 3.89. The van der Waals surface area contributed by atoms with Crippen molar-refractivity contribution < 1.29 is 4.79 Å². The zero-order valence-electron chi connectivity index (χ0n) is 14.2. The molecule has 1 aromatic carbocycles. The van der Waals surface area contributed by atoms with Gasteiger partial charge in [-0.3, -0.25) is 4.79 Å². The van der Waals surface area contributed by atoms with Crippen molar-refractivity contribution in [1.82, 2.24) is 15.6 Å². The van der Waals surface area contributed by atoms with E-state index in [0.717, 1.165) is 23.2 Å². The maximum absolute atomic E-state index is 12.4. The smallest absolute Gasteiger partial charge is 0.253 e. The quantitative estimate of drug-likeness (QED) is 0.781. The molecule has 2 atom stereocenters. The summed E-state index contributed by atoms with van der Waals surface area (Å²) in [5, 5.41) is 6.67. The lowest BCUT2D eigenvalue weighted by molar-refractivity contribution is 0.0954. The first-order valence-corrected chi connectivity index (χ1v) is 9.88. The number of carbonyl (C=O) groups is 1. The first-order chi connectivity index (χ1) is 12.3. The molecule has 2 aromatic rings. The number of hydrogen-bond acceptors (Lipinski definition) is 4. The number of para-hydroxylation sites is 1. The average molecular weight is 353 g/mol. The Hall–Kier alpha value is -1.98. The van der Waals surface area contributed by atoms with Gasteiger partial charge < -0.3 is 10.6 Å². The van der Waals surface area contributed by atoms with E-state index in [9.17, 15) is 4.79 Å². The zero-order valence-corrected chi connectivity index (χ0v) is 15.0. The van der Waals surface area contributed by atoms with E-state index in [1.807, 2.05) is 18.2 Å². The highest BCUT2D eigenvalue weighted by Crippen LogP contribution is 2.35. The summed E-state index contributed by atoms with van der Waals surface area (Å²) in [4.78, 5) is 16.7. The molecule has 0 radical (unpaired) electrons. The van der Waals surface area contributed by atoms with Gasteiger partial charge in [0.1, 0.15) is 0 Å². The largest absolute Gasteiger partial charge is 0.352 e. The van der Waals surface area contributed by atoms with Crippen LogP contribution in [0.5, 0.6) is 0 Å². The standard InChI is InChI=1S/C20H23N3OS/c24-20(17-7-3-8-18-19(17)23-13-25-18)22-10-4-9-21-16-11-14-5-1-2-6-15(14)12-16/h1-3,5-8,13-16,21H,4,9-12H2,(H,22,24). The van der Waals surface area contributed by atoms with Gasteiger partial charge in [-0.1, -0.05) is 30.4 Å². The number of nitrogens with one attached hydrogen (secondary N) is 2. The summed E-state index contributed by atoms with van der Waals surface area (Å²) >= 11 is 1.56. The predicted octanol–water partition coefficient (Wildman–Crippen LogP) is 3.53. The van der Waals surface area contributed by atoms with E-state index in [4.69, 9.17) is 0 Å². The highest BCUT2D eigenvalue weighted by molar-refractivity contribution is 7.16. The number of hydrogen-bond donors (Lipinski definition) is 2. The third-order valence-electron chi connectivity index (χ3n) is 5.17. The second kappa shape index (κ2) is 7.50. The lowest BCUT2D eigenvalue weighted by Gasteiger charge is -2.13. The molecule has 0 bridgehead atoms. The van der Waals surface area contributed by atoms with E-state index in [1.54, 1.807) is 16.8 Å². The van der Waals surface area contributed by atoms with E-state index in [-0.39, 0.29) is 5.91 Å². The van der Waals surface area contributed by atoms with E-state index in [1.165, 1.54) is 12.8 Å². The number of nitrogens with zero attached hydrogens (tertiary/aromatic N) is 1. The molecular formula is C20H23N3OS. The Balaban J connectivity index is 1.20. The normalized spacial score (nSPS) is 24.6. The van der Waals surface area contributed by atoms with Crippen molar-refractivity contribution in [2.75, 3.05) is 13.1 Å². The van der Waals surface area contributed by atoms with E-state index in [2.05, 4.69) is 39.9 Å². The highest BCUT2D eigenvalue weighted by Gasteiger charge is 2.31. The fourth-order valence-corrected chi connectivity index (χ4v) is 4.59. The summed E-state index contributed by atoms with van der Waals surface area (Å²) < 4.78 is 1.06. The van der Waals surface area contributed by atoms with Gasteiger partial charge in [0.05, 0.1) is 21.3 Å². The van der Waals surface area contributed by atoms with Gasteiger partial charge in [0.15, 0.2) is 0 Å². The van der Waals surface area contributed by atoms with Crippen LogP contribution in [-0.4, -0.2) is 30.0 Å². The third-order valence-corrected chi connectivity index (χ3v) is 5.96. The number of aromatic nitrogens is 1. The highest BCUT2D eigenvalue weighted by atomic mass is 32.1. The Morgan fingerprint density at radius 2 is 1.96 bits per heavy atom. The first kappa shape index (κ1) is 16.5. The summed E-state index contributed by atoms with van der Waals surface area (Å²) in [7, 11) is 0. The molecule has 4 rings (SSSR count). The van der Waals surface area contributed by atoms with Crippen LogP contribution in [0, 0.1) is 11.8 Å². The molecule has 1 heterocycles. The SMILES string of the molecule is O=C(NCCCNC1CC2C=CC=CC2C1)c1cccc2scnc12. The molecule has 4 nitrogen and oxygen atoms in total. The molecule has 130 valence electrons. The van der Waals surface area contributed by atoms with Crippen molar-refractivity contribution in [1.29, 1.82) is 0 Å². The van der Waals surface area contributed by atoms with Gasteiger partial charge in [-0.15, -0.1) is 11.3 Å². The van der Waals surface area contributed by atoms with Gasteiger partial charge >= 0.3 is 0 Å². The molecule has 2 N–H and O–H groups in total. The summed E-state index contributed by atoms with van der Waals surface area (Å²) in [6.45, 7) is 1.63. The summed E-state index contributed by atoms with van der Waals surface area (Å²) in [6, 6.07) is 6.36. The average Bonchev–Trinajstić information content (AvgIpc) is 3.27. The molecule has 1 amide bonds. The first-order valence-electron chi connectivity index (χ1n) is 9.00. The molecule has 0 saturated heterocycles. The third kappa shape index (κ3) is 3.67. The van der Waals surface area contributed by atoms with Crippen LogP contribution in [0.2, 0.25) is 0 Å². The number of rotatable bonds is 6.